The molecule has 2 nitrogen and oxygen atoms in total. The Balaban J connectivity index is 1.27. The van der Waals surface area contributed by atoms with Gasteiger partial charge in [-0.3, -0.25) is 0 Å². The van der Waals surface area contributed by atoms with Crippen molar-refractivity contribution in [3.05, 3.63) is 146 Å². The van der Waals surface area contributed by atoms with Gasteiger partial charge in [0.05, 0.1) is 11.2 Å². The molecule has 10 rings (SSSR count). The van der Waals surface area contributed by atoms with Crippen molar-refractivity contribution < 1.29 is 0 Å². The van der Waals surface area contributed by atoms with Crippen LogP contribution in [0.15, 0.2) is 146 Å². The lowest BCUT2D eigenvalue weighted by molar-refractivity contribution is 0.838. The minimum absolute atomic E-state index is 0.756. The van der Waals surface area contributed by atoms with Crippen molar-refractivity contribution in [2.75, 3.05) is 0 Å². The molecule has 0 saturated carbocycles. The standard InChI is InChI=1S/C50H42N2Si/c1-3-5-30-53(31-6-4-2)44-23-15-14-22-41(44)48-45(53)29-27-39-37-20-12-13-21-38(37)42-32-35(24-26-40(42)46(39)48)50-51-43-28-25-33-16-10-11-19-36(33)47(43)49(52-50)34-17-8-7-9-18-34/h7-29,32H,3-6,30-31H2,1-2H3. The molecule has 9 aromatic rings. The molecule has 0 saturated heterocycles. The molecule has 0 fully saturated rings. The van der Waals surface area contributed by atoms with Crippen molar-refractivity contribution >= 4 is 72.4 Å². The third kappa shape index (κ3) is 4.91. The summed E-state index contributed by atoms with van der Waals surface area (Å²) in [5.41, 5.74) is 7.05. The summed E-state index contributed by atoms with van der Waals surface area (Å²) in [5.74, 6) is 0.756. The summed E-state index contributed by atoms with van der Waals surface area (Å²) >= 11 is 0. The van der Waals surface area contributed by atoms with Crippen LogP contribution in [-0.2, 0) is 0 Å². The molecule has 2 heterocycles. The molecule has 1 aliphatic rings. The molecule has 0 amide bonds. The van der Waals surface area contributed by atoms with Gasteiger partial charge < -0.3 is 0 Å². The number of fused-ring (bicyclic) bond motifs is 13. The Hall–Kier alpha value is -5.64. The van der Waals surface area contributed by atoms with Gasteiger partial charge in [-0.2, -0.15) is 0 Å². The minimum atomic E-state index is -1.96. The fraction of sp³-hybridized carbons (Fsp3) is 0.160. The van der Waals surface area contributed by atoms with Crippen LogP contribution in [0, 0.1) is 0 Å². The number of hydrogen-bond donors (Lipinski definition) is 0. The van der Waals surface area contributed by atoms with Crippen LogP contribution in [0.4, 0.5) is 0 Å². The molecule has 0 bridgehead atoms. The topological polar surface area (TPSA) is 25.8 Å². The second-order valence-electron chi connectivity index (χ2n) is 15.0. The number of aromatic nitrogens is 2. The van der Waals surface area contributed by atoms with E-state index in [1.54, 1.807) is 10.4 Å². The first kappa shape index (κ1) is 32.0. The van der Waals surface area contributed by atoms with Gasteiger partial charge in [0.15, 0.2) is 5.82 Å². The van der Waals surface area contributed by atoms with Crippen LogP contribution in [-0.4, -0.2) is 18.0 Å². The maximum atomic E-state index is 5.40. The lowest BCUT2D eigenvalue weighted by atomic mass is 9.89. The van der Waals surface area contributed by atoms with Crippen LogP contribution < -0.4 is 10.4 Å². The van der Waals surface area contributed by atoms with Gasteiger partial charge in [-0.15, -0.1) is 0 Å². The van der Waals surface area contributed by atoms with Gasteiger partial charge in [0.2, 0.25) is 0 Å². The van der Waals surface area contributed by atoms with Crippen molar-refractivity contribution in [2.24, 2.45) is 0 Å². The third-order valence-corrected chi connectivity index (χ3v) is 17.4. The summed E-state index contributed by atoms with van der Waals surface area (Å²) < 4.78 is 0. The first-order valence-corrected chi connectivity index (χ1v) is 21.9. The molecular weight excluding hydrogens is 657 g/mol. The molecule has 8 aromatic carbocycles. The zero-order chi connectivity index (χ0) is 35.5. The number of benzene rings is 8. The molecule has 0 aliphatic carbocycles. The summed E-state index contributed by atoms with van der Waals surface area (Å²) in [5, 5.41) is 14.7. The Morgan fingerprint density at radius 3 is 1.92 bits per heavy atom. The third-order valence-electron chi connectivity index (χ3n) is 12.0. The maximum absolute atomic E-state index is 5.40. The Morgan fingerprint density at radius 2 is 1.13 bits per heavy atom. The molecule has 53 heavy (non-hydrogen) atoms. The number of hydrogen-bond acceptors (Lipinski definition) is 2. The molecule has 0 atom stereocenters. The van der Waals surface area contributed by atoms with E-state index < -0.39 is 8.07 Å². The Kier molecular flexibility index (Phi) is 7.73. The van der Waals surface area contributed by atoms with Crippen molar-refractivity contribution in [3.8, 4) is 33.8 Å². The van der Waals surface area contributed by atoms with Crippen LogP contribution in [0.2, 0.25) is 12.1 Å². The van der Waals surface area contributed by atoms with Gasteiger partial charge in [0.1, 0.15) is 8.07 Å². The Bertz CT molecular complexity index is 2870. The highest BCUT2D eigenvalue weighted by Crippen LogP contribution is 2.45. The highest BCUT2D eigenvalue weighted by molar-refractivity contribution is 7.05. The Morgan fingerprint density at radius 1 is 0.472 bits per heavy atom. The molecule has 0 radical (unpaired) electrons. The van der Waals surface area contributed by atoms with E-state index in [1.165, 1.54) is 92.0 Å². The predicted octanol–water partition coefficient (Wildman–Crippen LogP) is 12.7. The normalized spacial score (nSPS) is 13.3. The van der Waals surface area contributed by atoms with E-state index in [1.807, 2.05) is 0 Å². The summed E-state index contributed by atoms with van der Waals surface area (Å²) in [6.07, 6.45) is 5.05. The van der Waals surface area contributed by atoms with E-state index in [0.29, 0.717) is 0 Å². The van der Waals surface area contributed by atoms with Gasteiger partial charge in [0, 0.05) is 16.5 Å². The number of rotatable bonds is 8. The fourth-order valence-corrected chi connectivity index (χ4v) is 15.4. The quantitative estimate of drug-likeness (QED) is 0.117. The Labute approximate surface area is 312 Å². The van der Waals surface area contributed by atoms with Crippen molar-refractivity contribution in [2.45, 2.75) is 51.6 Å². The largest absolute Gasteiger partial charge is 0.228 e. The molecule has 0 unspecified atom stereocenters. The lowest BCUT2D eigenvalue weighted by Crippen LogP contribution is -2.55. The van der Waals surface area contributed by atoms with Crippen LogP contribution >= 0.6 is 0 Å². The van der Waals surface area contributed by atoms with E-state index in [9.17, 15) is 0 Å². The van der Waals surface area contributed by atoms with Crippen molar-refractivity contribution in [1.29, 1.82) is 0 Å². The monoisotopic (exact) mass is 698 g/mol. The zero-order valence-electron chi connectivity index (χ0n) is 30.5. The second kappa shape index (κ2) is 12.8. The smallest absolute Gasteiger partial charge is 0.160 e. The molecule has 0 N–H and O–H groups in total. The lowest BCUT2D eigenvalue weighted by Gasteiger charge is -2.30. The van der Waals surface area contributed by atoms with Gasteiger partial charge in [-0.25, -0.2) is 9.97 Å². The van der Waals surface area contributed by atoms with Crippen LogP contribution in [0.3, 0.4) is 0 Å². The van der Waals surface area contributed by atoms with Gasteiger partial charge in [0.25, 0.3) is 0 Å². The minimum Gasteiger partial charge on any atom is -0.228 e. The molecule has 1 aromatic heterocycles. The van der Waals surface area contributed by atoms with E-state index in [-0.39, 0.29) is 0 Å². The summed E-state index contributed by atoms with van der Waals surface area (Å²) in [7, 11) is -1.96. The molecule has 256 valence electrons. The van der Waals surface area contributed by atoms with Crippen molar-refractivity contribution in [3.63, 3.8) is 0 Å². The first-order chi connectivity index (χ1) is 26.2. The fourth-order valence-electron chi connectivity index (χ4n) is 9.58. The van der Waals surface area contributed by atoms with E-state index in [0.717, 1.165) is 33.5 Å². The summed E-state index contributed by atoms with van der Waals surface area (Å²) in [6.45, 7) is 4.71. The highest BCUT2D eigenvalue weighted by Gasteiger charge is 2.45. The number of unbranched alkanes of at least 4 members (excludes halogenated alkanes) is 2. The van der Waals surface area contributed by atoms with E-state index in [4.69, 9.17) is 9.97 Å². The molecule has 0 spiro atoms. The highest BCUT2D eigenvalue weighted by atomic mass is 28.3. The summed E-state index contributed by atoms with van der Waals surface area (Å²) in [6, 6.07) is 56.7. The SMILES string of the molecule is CCCC[Si]1(CCCC)c2ccccc2-c2c1ccc1c3ccccc3c3cc(-c4nc(-c5ccccc5)c5c(ccc6ccccc65)n4)ccc3c21. The van der Waals surface area contributed by atoms with Gasteiger partial charge >= 0.3 is 0 Å². The molecular formula is C50H42N2Si. The van der Waals surface area contributed by atoms with Gasteiger partial charge in [-0.1, -0.05) is 173 Å². The second-order valence-corrected chi connectivity index (χ2v) is 19.2. The first-order valence-electron chi connectivity index (χ1n) is 19.5. The van der Waals surface area contributed by atoms with E-state index in [2.05, 4.69) is 159 Å². The zero-order valence-corrected chi connectivity index (χ0v) is 31.5. The van der Waals surface area contributed by atoms with Crippen LogP contribution in [0.25, 0.3) is 87.8 Å². The average molecular weight is 699 g/mol. The van der Waals surface area contributed by atoms with E-state index >= 15 is 0 Å². The maximum Gasteiger partial charge on any atom is 0.160 e. The van der Waals surface area contributed by atoms with Gasteiger partial charge in [-0.05, 0) is 88.8 Å². The average Bonchev–Trinajstić information content (AvgIpc) is 3.51. The van der Waals surface area contributed by atoms with Crippen LogP contribution in [0.1, 0.15) is 39.5 Å². The van der Waals surface area contributed by atoms with Crippen LogP contribution in [0.5, 0.6) is 0 Å². The predicted molar refractivity (Wildman–Crippen MR) is 230 cm³/mol. The molecule has 3 heteroatoms. The number of nitrogens with zero attached hydrogens (tertiary/aromatic N) is 2. The van der Waals surface area contributed by atoms with Crippen molar-refractivity contribution in [1.82, 2.24) is 9.97 Å². The summed E-state index contributed by atoms with van der Waals surface area (Å²) in [4.78, 5) is 10.7. The molecule has 1 aliphatic heterocycles.